The van der Waals surface area contributed by atoms with Crippen molar-refractivity contribution in [1.82, 2.24) is 14.8 Å². The van der Waals surface area contributed by atoms with E-state index >= 15 is 0 Å². The summed E-state index contributed by atoms with van der Waals surface area (Å²) >= 11 is 0. The summed E-state index contributed by atoms with van der Waals surface area (Å²) in [6, 6.07) is 3.70. The molecule has 0 aliphatic carbocycles. The van der Waals surface area contributed by atoms with Gasteiger partial charge in [-0.2, -0.15) is 0 Å². The van der Waals surface area contributed by atoms with E-state index in [2.05, 4.69) is 9.88 Å². The van der Waals surface area contributed by atoms with Crippen molar-refractivity contribution in [2.45, 2.75) is 12.6 Å². The number of carbonyl (C=O) groups excluding carboxylic acids is 1. The summed E-state index contributed by atoms with van der Waals surface area (Å²) in [5.41, 5.74) is 1.71. The Morgan fingerprint density at radius 3 is 3.08 bits per heavy atom. The van der Waals surface area contributed by atoms with Crippen LogP contribution in [0.15, 0.2) is 41.5 Å². The van der Waals surface area contributed by atoms with E-state index in [1.54, 1.807) is 38.1 Å². The highest BCUT2D eigenvalue weighted by atomic mass is 16.5. The topological polar surface area (TPSA) is 68.0 Å². The van der Waals surface area contributed by atoms with Crippen LogP contribution in [0.3, 0.4) is 0 Å². The maximum atomic E-state index is 12.9. The molecule has 0 N–H and O–H groups in total. The Balaban J connectivity index is 1.44. The van der Waals surface area contributed by atoms with Crippen LogP contribution in [-0.2, 0) is 11.3 Å². The van der Waals surface area contributed by atoms with E-state index in [4.69, 9.17) is 13.9 Å². The van der Waals surface area contributed by atoms with Crippen LogP contribution in [0.25, 0.3) is 0 Å². The number of aromatic nitrogens is 1. The molecule has 7 heteroatoms. The molecule has 138 valence electrons. The zero-order valence-corrected chi connectivity index (χ0v) is 14.8. The molecule has 0 saturated carbocycles. The van der Waals surface area contributed by atoms with Crippen LogP contribution in [-0.4, -0.2) is 66.7 Å². The first-order valence-corrected chi connectivity index (χ1v) is 8.87. The molecule has 26 heavy (non-hydrogen) atoms. The number of ether oxygens (including phenoxy) is 2. The molecule has 2 saturated heterocycles. The molecule has 4 heterocycles. The summed E-state index contributed by atoms with van der Waals surface area (Å²) in [5, 5.41) is 0. The third-order valence-corrected chi connectivity index (χ3v) is 5.12. The maximum absolute atomic E-state index is 12.9. The van der Waals surface area contributed by atoms with E-state index in [0.717, 1.165) is 25.2 Å². The number of likely N-dealkylation sites (tertiary alicyclic amines) is 1. The second-order valence-corrected chi connectivity index (χ2v) is 6.82. The van der Waals surface area contributed by atoms with Crippen molar-refractivity contribution in [2.24, 2.45) is 5.92 Å². The quantitative estimate of drug-likeness (QED) is 0.829. The molecule has 2 aromatic rings. The van der Waals surface area contributed by atoms with Crippen molar-refractivity contribution in [2.75, 3.05) is 39.9 Å². The first-order valence-electron chi connectivity index (χ1n) is 8.87. The summed E-state index contributed by atoms with van der Waals surface area (Å²) in [5.74, 6) is 0.788. The Hall–Kier alpha value is -2.38. The lowest BCUT2D eigenvalue weighted by molar-refractivity contribution is 0.0482. The van der Waals surface area contributed by atoms with E-state index in [9.17, 15) is 4.79 Å². The summed E-state index contributed by atoms with van der Waals surface area (Å²) in [7, 11) is 1.55. The summed E-state index contributed by atoms with van der Waals surface area (Å²) in [6.07, 6.45) is 6.76. The fourth-order valence-electron chi connectivity index (χ4n) is 3.80. The van der Waals surface area contributed by atoms with Gasteiger partial charge in [0.15, 0.2) is 0 Å². The fraction of sp³-hybridized carbons (Fsp3) is 0.474. The number of furan rings is 1. The molecule has 4 rings (SSSR count). The van der Waals surface area contributed by atoms with E-state index in [-0.39, 0.29) is 12.0 Å². The molecule has 0 bridgehead atoms. The van der Waals surface area contributed by atoms with E-state index in [1.165, 1.54) is 0 Å². The van der Waals surface area contributed by atoms with Gasteiger partial charge in [0.05, 0.1) is 44.1 Å². The lowest BCUT2D eigenvalue weighted by Gasteiger charge is -2.23. The average Bonchev–Trinajstić information content (AvgIpc) is 3.27. The van der Waals surface area contributed by atoms with Gasteiger partial charge in [-0.25, -0.2) is 0 Å². The molecule has 7 nitrogen and oxygen atoms in total. The third kappa shape index (κ3) is 3.45. The molecular weight excluding hydrogens is 334 g/mol. The Morgan fingerprint density at radius 2 is 2.27 bits per heavy atom. The van der Waals surface area contributed by atoms with Gasteiger partial charge in [0.25, 0.3) is 5.91 Å². The molecule has 0 spiro atoms. The summed E-state index contributed by atoms with van der Waals surface area (Å²) in [6.45, 7) is 4.64. The minimum Gasteiger partial charge on any atom is -0.494 e. The van der Waals surface area contributed by atoms with Gasteiger partial charge in [-0.05, 0) is 12.1 Å². The molecule has 2 atom stereocenters. The van der Waals surface area contributed by atoms with E-state index in [0.29, 0.717) is 36.9 Å². The SMILES string of the molecule is COc1cnccc1C(=O)N1C[C@@H]2CN(Cc3ccoc3)CCO[C@@H]2C1. The predicted molar refractivity (Wildman–Crippen MR) is 93.9 cm³/mol. The Bertz CT molecular complexity index is 749. The molecular formula is C19H23N3O4. The summed E-state index contributed by atoms with van der Waals surface area (Å²) < 4.78 is 16.5. The monoisotopic (exact) mass is 357 g/mol. The highest BCUT2D eigenvalue weighted by Gasteiger charge is 2.39. The van der Waals surface area contributed by atoms with Crippen molar-refractivity contribution in [3.63, 3.8) is 0 Å². The van der Waals surface area contributed by atoms with Crippen molar-refractivity contribution in [3.05, 3.63) is 48.2 Å². The van der Waals surface area contributed by atoms with Gasteiger partial charge in [0.2, 0.25) is 0 Å². The van der Waals surface area contributed by atoms with Crippen molar-refractivity contribution >= 4 is 5.91 Å². The number of hydrogen-bond donors (Lipinski definition) is 0. The number of fused-ring (bicyclic) bond motifs is 1. The van der Waals surface area contributed by atoms with E-state index < -0.39 is 0 Å². The maximum Gasteiger partial charge on any atom is 0.257 e. The highest BCUT2D eigenvalue weighted by molar-refractivity contribution is 5.97. The molecule has 0 radical (unpaired) electrons. The first kappa shape index (κ1) is 17.1. The van der Waals surface area contributed by atoms with Gasteiger partial charge in [0.1, 0.15) is 5.75 Å². The van der Waals surface area contributed by atoms with Crippen LogP contribution in [0.5, 0.6) is 5.75 Å². The van der Waals surface area contributed by atoms with Gasteiger partial charge < -0.3 is 18.8 Å². The molecule has 2 aromatic heterocycles. The molecule has 0 unspecified atom stereocenters. The lowest BCUT2D eigenvalue weighted by atomic mass is 10.1. The van der Waals surface area contributed by atoms with Crippen molar-refractivity contribution in [1.29, 1.82) is 0 Å². The predicted octanol–water partition coefficient (Wildman–Crippen LogP) is 1.66. The zero-order valence-electron chi connectivity index (χ0n) is 14.8. The normalized spacial score (nSPS) is 23.5. The zero-order chi connectivity index (χ0) is 17.9. The number of pyridine rings is 1. The largest absolute Gasteiger partial charge is 0.494 e. The first-order chi connectivity index (χ1) is 12.7. The molecule has 2 fully saturated rings. The van der Waals surface area contributed by atoms with Crippen LogP contribution in [0.2, 0.25) is 0 Å². The number of nitrogens with zero attached hydrogens (tertiary/aromatic N) is 3. The second kappa shape index (κ2) is 7.47. The van der Waals surface area contributed by atoms with Crippen LogP contribution >= 0.6 is 0 Å². The van der Waals surface area contributed by atoms with Crippen molar-refractivity contribution in [3.8, 4) is 5.75 Å². The fourth-order valence-corrected chi connectivity index (χ4v) is 3.80. The number of methoxy groups -OCH3 is 1. The standard InChI is InChI=1S/C19H23N3O4/c1-24-17-8-20-4-2-16(17)19(23)22-11-15-10-21(5-7-26-18(15)12-22)9-14-3-6-25-13-14/h2-4,6,8,13,15,18H,5,7,9-12H2,1H3/t15-,18+/m0/s1. The Labute approximate surface area is 152 Å². The van der Waals surface area contributed by atoms with Gasteiger partial charge >= 0.3 is 0 Å². The van der Waals surface area contributed by atoms with Crippen LogP contribution in [0.4, 0.5) is 0 Å². The second-order valence-electron chi connectivity index (χ2n) is 6.82. The van der Waals surface area contributed by atoms with Crippen molar-refractivity contribution < 1.29 is 18.7 Å². The average molecular weight is 357 g/mol. The smallest absolute Gasteiger partial charge is 0.257 e. The minimum absolute atomic E-state index is 0.0256. The molecule has 0 aromatic carbocycles. The number of hydrogen-bond acceptors (Lipinski definition) is 6. The van der Waals surface area contributed by atoms with E-state index in [1.807, 2.05) is 11.0 Å². The van der Waals surface area contributed by atoms with Gasteiger partial charge in [-0.1, -0.05) is 0 Å². The molecule has 1 amide bonds. The number of carbonyl (C=O) groups is 1. The van der Waals surface area contributed by atoms with Crippen LogP contribution in [0, 0.1) is 5.92 Å². The Morgan fingerprint density at radius 1 is 1.35 bits per heavy atom. The molecule has 2 aliphatic rings. The number of rotatable bonds is 4. The minimum atomic E-state index is -0.0256. The van der Waals surface area contributed by atoms with Gasteiger partial charge in [0, 0.05) is 50.4 Å². The highest BCUT2D eigenvalue weighted by Crippen LogP contribution is 2.27. The Kier molecular flexibility index (Phi) is 4.90. The van der Waals surface area contributed by atoms with Gasteiger partial charge in [-0.3, -0.25) is 14.7 Å². The van der Waals surface area contributed by atoms with Gasteiger partial charge in [-0.15, -0.1) is 0 Å². The summed E-state index contributed by atoms with van der Waals surface area (Å²) in [4.78, 5) is 21.2. The molecule has 2 aliphatic heterocycles. The lowest BCUT2D eigenvalue weighted by Crippen LogP contribution is -2.33. The third-order valence-electron chi connectivity index (χ3n) is 5.12. The van der Waals surface area contributed by atoms with Crippen LogP contribution in [0.1, 0.15) is 15.9 Å². The van der Waals surface area contributed by atoms with Crippen LogP contribution < -0.4 is 4.74 Å². The number of amides is 1.